The number of aryl methyl sites for hydroxylation is 1. The van der Waals surface area contributed by atoms with Crippen molar-refractivity contribution < 1.29 is 9.53 Å². The molecule has 1 amide bonds. The fourth-order valence-electron chi connectivity index (χ4n) is 1.22. The van der Waals surface area contributed by atoms with E-state index in [0.717, 1.165) is 12.1 Å². The number of amides is 1. The number of anilines is 1. The van der Waals surface area contributed by atoms with E-state index in [1.54, 1.807) is 6.07 Å². The first-order chi connectivity index (χ1) is 8.22. The lowest BCUT2D eigenvalue weighted by Crippen LogP contribution is -2.13. The summed E-state index contributed by atoms with van der Waals surface area (Å²) in [5.41, 5.74) is 1.20. The van der Waals surface area contributed by atoms with Crippen LogP contribution in [0.4, 0.5) is 5.95 Å². The minimum absolute atomic E-state index is 0.163. The maximum Gasteiger partial charge on any atom is 0.336 e. The van der Waals surface area contributed by atoms with Gasteiger partial charge in [0.05, 0.1) is 7.11 Å². The molecule has 0 aliphatic heterocycles. The Morgan fingerprint density at radius 2 is 2.29 bits per heavy atom. The maximum atomic E-state index is 11.7. The van der Waals surface area contributed by atoms with Gasteiger partial charge in [-0.3, -0.25) is 15.2 Å². The van der Waals surface area contributed by atoms with Crippen molar-refractivity contribution in [3.05, 3.63) is 17.5 Å². The van der Waals surface area contributed by atoms with Crippen LogP contribution in [0.3, 0.4) is 0 Å². The Bertz CT molecular complexity index is 517. The smallest absolute Gasteiger partial charge is 0.336 e. The number of aromatic amines is 2. The van der Waals surface area contributed by atoms with Gasteiger partial charge in [0.2, 0.25) is 5.95 Å². The fraction of sp³-hybridized carbons (Fsp3) is 0.333. The molecule has 2 rings (SSSR count). The van der Waals surface area contributed by atoms with Crippen molar-refractivity contribution in [2.45, 2.75) is 13.3 Å². The minimum atomic E-state index is -0.361. The summed E-state index contributed by atoms with van der Waals surface area (Å²) in [5, 5.41) is 15.4. The molecule has 0 unspecified atom stereocenters. The van der Waals surface area contributed by atoms with E-state index in [4.69, 9.17) is 4.74 Å². The van der Waals surface area contributed by atoms with Crippen LogP contribution in [0.25, 0.3) is 0 Å². The molecule has 8 heteroatoms. The molecule has 0 saturated carbocycles. The Labute approximate surface area is 96.8 Å². The van der Waals surface area contributed by atoms with Crippen LogP contribution in [-0.2, 0) is 6.42 Å². The van der Waals surface area contributed by atoms with Crippen molar-refractivity contribution in [3.8, 4) is 6.01 Å². The first-order valence-electron chi connectivity index (χ1n) is 5.05. The zero-order valence-corrected chi connectivity index (χ0v) is 9.44. The number of ether oxygens (including phenoxy) is 1. The predicted molar refractivity (Wildman–Crippen MR) is 58.9 cm³/mol. The molecular weight excluding hydrogens is 224 g/mol. The lowest BCUT2D eigenvalue weighted by Gasteiger charge is -1.95. The topological polar surface area (TPSA) is 109 Å². The van der Waals surface area contributed by atoms with Crippen LogP contribution in [0.1, 0.15) is 23.1 Å². The summed E-state index contributed by atoms with van der Waals surface area (Å²) in [6.07, 6.45) is 0.788. The van der Waals surface area contributed by atoms with Crippen LogP contribution < -0.4 is 10.1 Å². The highest BCUT2D eigenvalue weighted by Gasteiger charge is 2.12. The molecule has 0 spiro atoms. The Kier molecular flexibility index (Phi) is 3.03. The van der Waals surface area contributed by atoms with Crippen molar-refractivity contribution in [3.63, 3.8) is 0 Å². The van der Waals surface area contributed by atoms with E-state index in [0.29, 0.717) is 5.69 Å². The van der Waals surface area contributed by atoms with Gasteiger partial charge in [0.15, 0.2) is 5.69 Å². The molecule has 0 atom stereocenters. The number of hydrogen-bond donors (Lipinski definition) is 3. The highest BCUT2D eigenvalue weighted by Crippen LogP contribution is 2.07. The molecule has 3 N–H and O–H groups in total. The van der Waals surface area contributed by atoms with Crippen LogP contribution >= 0.6 is 0 Å². The van der Waals surface area contributed by atoms with Crippen molar-refractivity contribution >= 4 is 11.9 Å². The number of aromatic nitrogens is 5. The SMILES string of the molecule is CCc1cc(C(=O)Nc2nc(OC)n[nH]2)n[nH]1. The maximum absolute atomic E-state index is 11.7. The second-order valence-corrected chi connectivity index (χ2v) is 3.26. The number of nitrogens with one attached hydrogen (secondary N) is 3. The minimum Gasteiger partial charge on any atom is -0.466 e. The Hall–Kier alpha value is -2.38. The van der Waals surface area contributed by atoms with Gasteiger partial charge in [-0.15, -0.1) is 5.10 Å². The summed E-state index contributed by atoms with van der Waals surface area (Å²) < 4.78 is 4.78. The van der Waals surface area contributed by atoms with E-state index in [-0.39, 0.29) is 17.9 Å². The average molecular weight is 236 g/mol. The number of hydrogen-bond acceptors (Lipinski definition) is 5. The normalized spacial score (nSPS) is 10.2. The summed E-state index contributed by atoms with van der Waals surface area (Å²) in [4.78, 5) is 15.6. The average Bonchev–Trinajstić information content (AvgIpc) is 2.96. The number of methoxy groups -OCH3 is 1. The first kappa shape index (κ1) is 11.1. The Morgan fingerprint density at radius 3 is 2.88 bits per heavy atom. The van der Waals surface area contributed by atoms with Crippen LogP contribution in [0.15, 0.2) is 6.07 Å². The summed E-state index contributed by atoms with van der Waals surface area (Å²) >= 11 is 0. The molecule has 0 bridgehead atoms. The second-order valence-electron chi connectivity index (χ2n) is 3.26. The van der Waals surface area contributed by atoms with Gasteiger partial charge in [-0.2, -0.15) is 10.1 Å². The van der Waals surface area contributed by atoms with Gasteiger partial charge in [-0.25, -0.2) is 5.10 Å². The molecule has 17 heavy (non-hydrogen) atoms. The molecule has 0 aliphatic carbocycles. The third-order valence-electron chi connectivity index (χ3n) is 2.12. The summed E-state index contributed by atoms with van der Waals surface area (Å²) in [6, 6.07) is 1.85. The third-order valence-corrected chi connectivity index (χ3v) is 2.12. The van der Waals surface area contributed by atoms with E-state index >= 15 is 0 Å². The van der Waals surface area contributed by atoms with Gasteiger partial charge < -0.3 is 4.74 Å². The Balaban J connectivity index is 2.05. The number of H-pyrrole nitrogens is 2. The number of nitrogens with zero attached hydrogens (tertiary/aromatic N) is 3. The van der Waals surface area contributed by atoms with Crippen LogP contribution in [0.5, 0.6) is 6.01 Å². The molecule has 2 heterocycles. The van der Waals surface area contributed by atoms with E-state index in [9.17, 15) is 4.79 Å². The molecule has 0 aromatic carbocycles. The molecule has 0 fully saturated rings. The lowest BCUT2D eigenvalue weighted by molar-refractivity contribution is 0.102. The molecule has 0 radical (unpaired) electrons. The zero-order chi connectivity index (χ0) is 12.3. The largest absolute Gasteiger partial charge is 0.466 e. The summed E-state index contributed by atoms with van der Waals surface area (Å²) in [6.45, 7) is 1.97. The van der Waals surface area contributed by atoms with Gasteiger partial charge >= 0.3 is 6.01 Å². The van der Waals surface area contributed by atoms with Gasteiger partial charge in [0.25, 0.3) is 5.91 Å². The van der Waals surface area contributed by atoms with Crippen LogP contribution in [-0.4, -0.2) is 38.4 Å². The van der Waals surface area contributed by atoms with Gasteiger partial charge in [-0.1, -0.05) is 6.92 Å². The number of carbonyl (C=O) groups is 1. The molecule has 2 aromatic rings. The van der Waals surface area contributed by atoms with Crippen molar-refractivity contribution in [1.29, 1.82) is 0 Å². The van der Waals surface area contributed by atoms with E-state index < -0.39 is 0 Å². The standard InChI is InChI=1S/C9H12N6O2/c1-3-5-4-6(13-12-5)7(16)10-8-11-9(17-2)15-14-8/h4H,3H2,1-2H3,(H,12,13)(H2,10,11,14,15,16). The molecule has 0 aliphatic rings. The second kappa shape index (κ2) is 4.64. The zero-order valence-electron chi connectivity index (χ0n) is 9.44. The predicted octanol–water partition coefficient (Wildman–Crippen LogP) is 0.351. The van der Waals surface area contributed by atoms with Crippen molar-refractivity contribution in [2.75, 3.05) is 12.4 Å². The van der Waals surface area contributed by atoms with Crippen molar-refractivity contribution in [1.82, 2.24) is 25.4 Å². The van der Waals surface area contributed by atoms with Gasteiger partial charge in [0, 0.05) is 5.69 Å². The van der Waals surface area contributed by atoms with Crippen molar-refractivity contribution in [2.24, 2.45) is 0 Å². The van der Waals surface area contributed by atoms with Gasteiger partial charge in [-0.05, 0) is 12.5 Å². The molecule has 0 saturated heterocycles. The molecule has 2 aromatic heterocycles. The lowest BCUT2D eigenvalue weighted by atomic mass is 10.3. The Morgan fingerprint density at radius 1 is 1.47 bits per heavy atom. The fourth-order valence-corrected chi connectivity index (χ4v) is 1.22. The number of rotatable bonds is 4. The van der Waals surface area contributed by atoms with Gasteiger partial charge in [0.1, 0.15) is 0 Å². The first-order valence-corrected chi connectivity index (χ1v) is 5.05. The molecule has 8 nitrogen and oxygen atoms in total. The van der Waals surface area contributed by atoms with Crippen LogP contribution in [0, 0.1) is 0 Å². The van der Waals surface area contributed by atoms with E-state index in [1.165, 1.54) is 7.11 Å². The van der Waals surface area contributed by atoms with E-state index in [1.807, 2.05) is 6.92 Å². The highest BCUT2D eigenvalue weighted by molar-refractivity contribution is 6.01. The van der Waals surface area contributed by atoms with E-state index in [2.05, 4.69) is 30.7 Å². The summed E-state index contributed by atoms with van der Waals surface area (Å²) in [7, 11) is 1.44. The highest BCUT2D eigenvalue weighted by atomic mass is 16.5. The molecular formula is C9H12N6O2. The number of carbonyl (C=O) groups excluding carboxylic acids is 1. The molecule has 90 valence electrons. The quantitative estimate of drug-likeness (QED) is 0.709. The monoisotopic (exact) mass is 236 g/mol. The van der Waals surface area contributed by atoms with Crippen LogP contribution in [0.2, 0.25) is 0 Å². The third kappa shape index (κ3) is 2.41. The summed E-state index contributed by atoms with van der Waals surface area (Å²) in [5.74, 6) is -0.146.